The molecule has 4 nitrogen and oxygen atoms in total. The van der Waals surface area contributed by atoms with Crippen LogP contribution in [-0.4, -0.2) is 15.3 Å². The third-order valence-electron chi connectivity index (χ3n) is 3.39. The van der Waals surface area contributed by atoms with E-state index in [1.807, 2.05) is 0 Å². The Morgan fingerprint density at radius 3 is 2.70 bits per heavy atom. The van der Waals surface area contributed by atoms with Crippen LogP contribution in [0.2, 0.25) is 5.02 Å². The number of H-pyrrole nitrogens is 1. The molecule has 0 aliphatic rings. The van der Waals surface area contributed by atoms with Crippen LogP contribution in [0.3, 0.4) is 0 Å². The summed E-state index contributed by atoms with van der Waals surface area (Å²) in [6.45, 7) is 0.209. The number of aromatic nitrogens is 2. The van der Waals surface area contributed by atoms with Crippen molar-refractivity contribution in [2.75, 3.05) is 5.32 Å². The number of anilines is 1. The average molecular weight is 342 g/mol. The number of halogens is 4. The van der Waals surface area contributed by atoms with Crippen molar-refractivity contribution in [3.8, 4) is 5.75 Å². The van der Waals surface area contributed by atoms with Crippen LogP contribution < -0.4 is 5.32 Å². The molecule has 0 bridgehead atoms. The summed E-state index contributed by atoms with van der Waals surface area (Å²) < 4.78 is 38.9. The van der Waals surface area contributed by atoms with E-state index in [1.54, 1.807) is 6.07 Å². The number of hydrogen-bond acceptors (Lipinski definition) is 3. The topological polar surface area (TPSA) is 60.9 Å². The minimum Gasteiger partial charge on any atom is -0.508 e. The van der Waals surface area contributed by atoms with Crippen molar-refractivity contribution in [1.29, 1.82) is 0 Å². The number of nitrogens with one attached hydrogen (secondary N) is 2. The molecule has 0 unspecified atom stereocenters. The van der Waals surface area contributed by atoms with Crippen LogP contribution in [0.15, 0.2) is 36.5 Å². The van der Waals surface area contributed by atoms with Crippen LogP contribution >= 0.6 is 11.6 Å². The van der Waals surface area contributed by atoms with Gasteiger partial charge < -0.3 is 10.4 Å². The van der Waals surface area contributed by atoms with Crippen molar-refractivity contribution in [3.05, 3.63) is 52.7 Å². The molecule has 0 saturated heterocycles. The predicted molar refractivity (Wildman–Crippen MR) is 81.5 cm³/mol. The van der Waals surface area contributed by atoms with Crippen LogP contribution in [0, 0.1) is 0 Å². The highest BCUT2D eigenvalue weighted by atomic mass is 35.5. The molecule has 0 atom stereocenters. The number of hydrogen-bond donors (Lipinski definition) is 3. The zero-order valence-electron chi connectivity index (χ0n) is 11.6. The minimum absolute atomic E-state index is 0.0232. The first kappa shape index (κ1) is 15.5. The molecule has 2 aromatic carbocycles. The van der Waals surface area contributed by atoms with Crippen molar-refractivity contribution in [2.45, 2.75) is 12.7 Å². The smallest absolute Gasteiger partial charge is 0.416 e. The van der Waals surface area contributed by atoms with E-state index in [4.69, 9.17) is 11.6 Å². The molecule has 3 aromatic rings. The number of phenols is 1. The highest BCUT2D eigenvalue weighted by Gasteiger charge is 2.31. The number of benzene rings is 2. The van der Waals surface area contributed by atoms with Gasteiger partial charge in [-0.15, -0.1) is 0 Å². The summed E-state index contributed by atoms with van der Waals surface area (Å²) in [4.78, 5) is 0. The van der Waals surface area contributed by atoms with Crippen molar-refractivity contribution >= 4 is 28.2 Å². The molecule has 0 aliphatic carbocycles. The minimum atomic E-state index is -4.45. The molecule has 0 spiro atoms. The Hall–Kier alpha value is -2.41. The molecule has 0 amide bonds. The number of fused-ring (bicyclic) bond motifs is 1. The molecule has 23 heavy (non-hydrogen) atoms. The summed E-state index contributed by atoms with van der Waals surface area (Å²) in [5.74, 6) is 0.0232. The van der Waals surface area contributed by atoms with Gasteiger partial charge in [-0.25, -0.2) is 0 Å². The van der Waals surface area contributed by atoms with Crippen LogP contribution in [0.4, 0.5) is 18.9 Å². The number of nitrogens with zero attached hydrogens (tertiary/aromatic N) is 1. The zero-order chi connectivity index (χ0) is 16.6. The van der Waals surface area contributed by atoms with E-state index in [2.05, 4.69) is 15.5 Å². The molecule has 0 fully saturated rings. The molecule has 1 heterocycles. The second-order valence-electron chi connectivity index (χ2n) is 4.98. The Morgan fingerprint density at radius 2 is 2.00 bits per heavy atom. The van der Waals surface area contributed by atoms with Gasteiger partial charge in [-0.3, -0.25) is 5.10 Å². The normalized spacial score (nSPS) is 11.8. The number of aromatic hydroxyl groups is 1. The SMILES string of the molecule is Oc1ccc(CNc2cc(C(F)(F)F)cc3[nH]ncc23)c(Cl)c1. The molecule has 0 saturated carbocycles. The molecule has 8 heteroatoms. The fraction of sp³-hybridized carbons (Fsp3) is 0.133. The number of aromatic amines is 1. The summed E-state index contributed by atoms with van der Waals surface area (Å²) in [6.07, 6.45) is -3.00. The molecule has 0 radical (unpaired) electrons. The van der Waals surface area contributed by atoms with Gasteiger partial charge in [0.05, 0.1) is 17.3 Å². The van der Waals surface area contributed by atoms with Gasteiger partial charge in [-0.1, -0.05) is 17.7 Å². The molecule has 120 valence electrons. The third-order valence-corrected chi connectivity index (χ3v) is 3.74. The summed E-state index contributed by atoms with van der Waals surface area (Å²) in [7, 11) is 0. The lowest BCUT2D eigenvalue weighted by atomic mass is 10.1. The number of rotatable bonds is 3. The molecular formula is C15H11ClF3N3O. The predicted octanol–water partition coefficient (Wildman–Crippen LogP) is 4.55. The zero-order valence-corrected chi connectivity index (χ0v) is 12.3. The maximum atomic E-state index is 13.0. The molecule has 0 aliphatic heterocycles. The number of phenolic OH excluding ortho intramolecular Hbond substituents is 1. The monoisotopic (exact) mass is 341 g/mol. The third kappa shape index (κ3) is 3.19. The maximum Gasteiger partial charge on any atom is 0.416 e. The standard InChI is InChI=1S/C15H11ClF3N3O/c16-12-5-10(23)2-1-8(12)6-20-13-3-9(15(17,18)19)4-14-11(13)7-21-22-14/h1-5,7,20,23H,6H2,(H,21,22). The van der Waals surface area contributed by atoms with Gasteiger partial charge in [-0.05, 0) is 29.8 Å². The summed E-state index contributed by atoms with van der Waals surface area (Å²) in [6, 6.07) is 6.48. The Bertz CT molecular complexity index is 861. The summed E-state index contributed by atoms with van der Waals surface area (Å²) in [5.41, 5.74) is 0.471. The van der Waals surface area contributed by atoms with Crippen molar-refractivity contribution in [1.82, 2.24) is 10.2 Å². The maximum absolute atomic E-state index is 13.0. The quantitative estimate of drug-likeness (QED) is 0.655. The molecule has 3 rings (SSSR count). The second-order valence-corrected chi connectivity index (χ2v) is 5.39. The van der Waals surface area contributed by atoms with Crippen molar-refractivity contribution in [2.24, 2.45) is 0 Å². The van der Waals surface area contributed by atoms with E-state index in [0.29, 0.717) is 27.2 Å². The number of alkyl halides is 3. The van der Waals surface area contributed by atoms with E-state index >= 15 is 0 Å². The van der Waals surface area contributed by atoms with Gasteiger partial charge >= 0.3 is 6.18 Å². The van der Waals surface area contributed by atoms with Crippen molar-refractivity contribution < 1.29 is 18.3 Å². The van der Waals surface area contributed by atoms with E-state index in [1.165, 1.54) is 18.3 Å². The van der Waals surface area contributed by atoms with Gasteiger partial charge in [0.15, 0.2) is 0 Å². The van der Waals surface area contributed by atoms with Crippen LogP contribution in [-0.2, 0) is 12.7 Å². The fourth-order valence-corrected chi connectivity index (χ4v) is 2.47. The van der Waals surface area contributed by atoms with Gasteiger partial charge in [0, 0.05) is 22.6 Å². The molecule has 1 aromatic heterocycles. The van der Waals surface area contributed by atoms with Crippen molar-refractivity contribution in [3.63, 3.8) is 0 Å². The summed E-state index contributed by atoms with van der Waals surface area (Å²) in [5, 5.41) is 19.5. The van der Waals surface area contributed by atoms with Crippen LogP contribution in [0.25, 0.3) is 10.9 Å². The Kier molecular flexibility index (Phi) is 3.81. The molecular weight excluding hydrogens is 331 g/mol. The summed E-state index contributed by atoms with van der Waals surface area (Å²) >= 11 is 6.00. The van der Waals surface area contributed by atoms with E-state index in [-0.39, 0.29) is 12.3 Å². The Balaban J connectivity index is 1.94. The van der Waals surface area contributed by atoms with Gasteiger partial charge in [0.25, 0.3) is 0 Å². The lowest BCUT2D eigenvalue weighted by molar-refractivity contribution is -0.137. The lowest BCUT2D eigenvalue weighted by Gasteiger charge is -2.13. The van der Waals surface area contributed by atoms with E-state index in [9.17, 15) is 18.3 Å². The first-order valence-electron chi connectivity index (χ1n) is 6.60. The first-order valence-corrected chi connectivity index (χ1v) is 6.98. The highest BCUT2D eigenvalue weighted by Crippen LogP contribution is 2.35. The van der Waals surface area contributed by atoms with Gasteiger partial charge in [0.1, 0.15) is 5.75 Å². The lowest BCUT2D eigenvalue weighted by Crippen LogP contribution is -2.07. The van der Waals surface area contributed by atoms with E-state index < -0.39 is 11.7 Å². The Morgan fingerprint density at radius 1 is 1.22 bits per heavy atom. The van der Waals surface area contributed by atoms with Gasteiger partial charge in [0.2, 0.25) is 0 Å². The van der Waals surface area contributed by atoms with Crippen LogP contribution in [0.1, 0.15) is 11.1 Å². The second kappa shape index (κ2) is 5.66. The van der Waals surface area contributed by atoms with Gasteiger partial charge in [-0.2, -0.15) is 18.3 Å². The fourth-order valence-electron chi connectivity index (χ4n) is 2.23. The highest BCUT2D eigenvalue weighted by molar-refractivity contribution is 6.31. The van der Waals surface area contributed by atoms with Crippen LogP contribution in [0.5, 0.6) is 5.75 Å². The first-order chi connectivity index (χ1) is 10.8. The Labute approximate surface area is 133 Å². The average Bonchev–Trinajstić information content (AvgIpc) is 2.93. The largest absolute Gasteiger partial charge is 0.508 e. The van der Waals surface area contributed by atoms with E-state index in [0.717, 1.165) is 12.1 Å². The molecule has 3 N–H and O–H groups in total.